The Balaban J connectivity index is 1.76. The van der Waals surface area contributed by atoms with E-state index in [1.807, 2.05) is 18.2 Å². The van der Waals surface area contributed by atoms with Gasteiger partial charge in [-0.05, 0) is 47.5 Å². The molecule has 5 aromatic rings. The third-order valence-electron chi connectivity index (χ3n) is 4.36. The van der Waals surface area contributed by atoms with Gasteiger partial charge < -0.3 is 4.42 Å². The molecule has 126 valence electrons. The molecule has 0 amide bonds. The number of nitrogens with zero attached hydrogens (tertiary/aromatic N) is 2. The van der Waals surface area contributed by atoms with Gasteiger partial charge in [-0.3, -0.25) is 4.98 Å². The number of nitriles is 1. The summed E-state index contributed by atoms with van der Waals surface area (Å²) in [4.78, 5) is 4.42. The summed E-state index contributed by atoms with van der Waals surface area (Å²) in [5.41, 5.74) is 2.63. The van der Waals surface area contributed by atoms with Gasteiger partial charge in [0.1, 0.15) is 11.2 Å². The van der Waals surface area contributed by atoms with Gasteiger partial charge in [0.2, 0.25) is 0 Å². The van der Waals surface area contributed by atoms with Crippen molar-refractivity contribution in [1.29, 1.82) is 5.26 Å². The molecular formula is C24H14N2O. The molecule has 3 heteroatoms. The van der Waals surface area contributed by atoms with Crippen LogP contribution in [0, 0.1) is 11.3 Å². The summed E-state index contributed by atoms with van der Waals surface area (Å²) in [6.07, 6.45) is 1.51. The number of hydrogen-bond acceptors (Lipinski definition) is 3. The Morgan fingerprint density at radius 2 is 1.85 bits per heavy atom. The first-order chi connectivity index (χ1) is 15.8. The highest BCUT2D eigenvalue weighted by Gasteiger charge is 2.13. The Bertz CT molecular complexity index is 1620. The van der Waals surface area contributed by atoms with Crippen molar-refractivity contribution in [3.05, 3.63) is 90.5 Å². The zero-order valence-electron chi connectivity index (χ0n) is 19.9. The Labute approximate surface area is 164 Å². The summed E-state index contributed by atoms with van der Waals surface area (Å²) in [5, 5.41) is 10.7. The third-order valence-corrected chi connectivity index (χ3v) is 4.36. The number of furan rings is 1. The lowest BCUT2D eigenvalue weighted by Crippen LogP contribution is -1.86. The van der Waals surface area contributed by atoms with E-state index in [4.69, 9.17) is 12.6 Å². The largest absolute Gasteiger partial charge is 0.455 e. The minimum atomic E-state index is -0.446. The fourth-order valence-corrected chi connectivity index (χ4v) is 3.12. The maximum absolute atomic E-state index is 9.23. The van der Waals surface area contributed by atoms with Gasteiger partial charge >= 0.3 is 0 Å². The van der Waals surface area contributed by atoms with Crippen LogP contribution in [0.4, 0.5) is 0 Å². The molecule has 3 nitrogen and oxygen atoms in total. The van der Waals surface area contributed by atoms with Crippen molar-refractivity contribution in [3.8, 4) is 28.5 Å². The number of aromatic nitrogens is 1. The summed E-state index contributed by atoms with van der Waals surface area (Å²) >= 11 is 0. The summed E-state index contributed by atoms with van der Waals surface area (Å²) in [6.45, 7) is 0. The maximum Gasteiger partial charge on any atom is 0.144 e. The summed E-state index contributed by atoms with van der Waals surface area (Å²) in [7, 11) is 0. The van der Waals surface area contributed by atoms with Crippen LogP contribution in [0.1, 0.15) is 13.8 Å². The van der Waals surface area contributed by atoms with Crippen LogP contribution in [0.2, 0.25) is 0 Å². The quantitative estimate of drug-likeness (QED) is 0.381. The molecule has 0 atom stereocenters. The standard InChI is InChI=1S/C24H14N2O/c25-15-16-9-10-19-20-7-4-8-21(24(20)27-23(19)13-16)22-14-18(11-12-26-22)17-5-2-1-3-6-17/h1-14H/i1D,2D,3D,5D,6D,13D. The topological polar surface area (TPSA) is 49.8 Å². The van der Waals surface area contributed by atoms with Crippen molar-refractivity contribution >= 4 is 21.9 Å². The zero-order chi connectivity index (χ0) is 23.4. The molecule has 2 heterocycles. The van der Waals surface area contributed by atoms with E-state index >= 15 is 0 Å². The predicted molar refractivity (Wildman–Crippen MR) is 107 cm³/mol. The second-order valence-electron chi connectivity index (χ2n) is 5.94. The van der Waals surface area contributed by atoms with E-state index in [1.54, 1.807) is 30.3 Å². The molecule has 0 unspecified atom stereocenters. The average Bonchev–Trinajstić information content (AvgIpc) is 3.22. The number of pyridine rings is 1. The molecule has 0 saturated carbocycles. The Hall–Kier alpha value is -3.90. The van der Waals surface area contributed by atoms with Crippen molar-refractivity contribution < 1.29 is 12.6 Å². The summed E-state index contributed by atoms with van der Waals surface area (Å²) in [6, 6.07) is 12.2. The average molecular weight is 352 g/mol. The molecule has 0 saturated heterocycles. The molecule has 0 aliphatic carbocycles. The van der Waals surface area contributed by atoms with Gasteiger partial charge in [0.05, 0.1) is 25.6 Å². The molecule has 2 aromatic heterocycles. The lowest BCUT2D eigenvalue weighted by molar-refractivity contribution is 0.669. The second-order valence-corrected chi connectivity index (χ2v) is 5.94. The molecule has 0 radical (unpaired) electrons. The van der Waals surface area contributed by atoms with Crippen LogP contribution < -0.4 is 0 Å². The molecule has 0 spiro atoms. The maximum atomic E-state index is 9.23. The summed E-state index contributed by atoms with van der Waals surface area (Å²) < 4.78 is 54.5. The first-order valence-corrected chi connectivity index (χ1v) is 8.22. The van der Waals surface area contributed by atoms with Crippen molar-refractivity contribution in [2.45, 2.75) is 0 Å². The van der Waals surface area contributed by atoms with E-state index in [-0.39, 0.29) is 29.3 Å². The van der Waals surface area contributed by atoms with Gasteiger partial charge in [-0.1, -0.05) is 42.3 Å². The van der Waals surface area contributed by atoms with Crippen LogP contribution in [0.25, 0.3) is 44.3 Å². The number of rotatable bonds is 2. The monoisotopic (exact) mass is 352 g/mol. The highest BCUT2D eigenvalue weighted by atomic mass is 16.3. The Morgan fingerprint density at radius 3 is 2.70 bits per heavy atom. The fraction of sp³-hybridized carbons (Fsp3) is 0. The van der Waals surface area contributed by atoms with Gasteiger partial charge in [-0.15, -0.1) is 0 Å². The minimum Gasteiger partial charge on any atom is -0.455 e. The van der Waals surface area contributed by atoms with Gasteiger partial charge in [-0.25, -0.2) is 0 Å². The first-order valence-electron chi connectivity index (χ1n) is 11.2. The first kappa shape index (κ1) is 10.3. The zero-order valence-corrected chi connectivity index (χ0v) is 13.9. The minimum absolute atomic E-state index is 0.0120. The van der Waals surface area contributed by atoms with E-state index in [9.17, 15) is 5.26 Å². The van der Waals surface area contributed by atoms with Gasteiger partial charge in [0.25, 0.3) is 0 Å². The lowest BCUT2D eigenvalue weighted by atomic mass is 10.0. The van der Waals surface area contributed by atoms with Crippen molar-refractivity contribution in [1.82, 2.24) is 4.98 Å². The van der Waals surface area contributed by atoms with Crippen LogP contribution in [-0.2, 0) is 0 Å². The van der Waals surface area contributed by atoms with E-state index in [0.717, 1.165) is 5.39 Å². The molecule has 0 fully saturated rings. The number of fused-ring (bicyclic) bond motifs is 3. The number of hydrogen-bond donors (Lipinski definition) is 0. The third kappa shape index (κ3) is 2.56. The van der Waals surface area contributed by atoms with Crippen LogP contribution >= 0.6 is 0 Å². The highest BCUT2D eigenvalue weighted by molar-refractivity contribution is 6.09. The van der Waals surface area contributed by atoms with Gasteiger partial charge in [-0.2, -0.15) is 5.26 Å². The molecule has 27 heavy (non-hydrogen) atoms. The predicted octanol–water partition coefficient (Wildman–Crippen LogP) is 6.19. The van der Waals surface area contributed by atoms with Gasteiger partial charge in [0, 0.05) is 22.5 Å². The van der Waals surface area contributed by atoms with Crippen LogP contribution in [0.15, 0.2) is 89.3 Å². The molecule has 0 aliphatic heterocycles. The second kappa shape index (κ2) is 6.12. The number of benzene rings is 3. The normalized spacial score (nSPS) is 14.0. The van der Waals surface area contributed by atoms with E-state index in [0.29, 0.717) is 33.4 Å². The molecule has 0 bridgehead atoms. The number of para-hydroxylation sites is 1. The molecule has 0 N–H and O–H groups in total. The molecule has 5 rings (SSSR count). The van der Waals surface area contributed by atoms with Gasteiger partial charge in [0.15, 0.2) is 0 Å². The smallest absolute Gasteiger partial charge is 0.144 e. The van der Waals surface area contributed by atoms with Crippen molar-refractivity contribution in [2.75, 3.05) is 0 Å². The van der Waals surface area contributed by atoms with E-state index < -0.39 is 18.1 Å². The highest BCUT2D eigenvalue weighted by Crippen LogP contribution is 2.36. The Kier molecular flexibility index (Phi) is 2.33. The Morgan fingerprint density at radius 1 is 0.963 bits per heavy atom. The SMILES string of the molecule is [2H]c1c([2H])c([2H])c(-c2ccnc(-c3cccc4c3oc3c([2H])c(C#N)ccc34)c2)c([2H])c1[2H]. The van der Waals surface area contributed by atoms with Crippen LogP contribution in [0.3, 0.4) is 0 Å². The lowest BCUT2D eigenvalue weighted by Gasteiger charge is -2.06. The molecule has 3 aromatic carbocycles. The summed E-state index contributed by atoms with van der Waals surface area (Å²) in [5.74, 6) is 0. The van der Waals surface area contributed by atoms with Crippen LogP contribution in [-0.4, -0.2) is 4.98 Å². The van der Waals surface area contributed by atoms with Crippen molar-refractivity contribution in [3.63, 3.8) is 0 Å². The molecule has 0 aliphatic rings. The van der Waals surface area contributed by atoms with E-state index in [1.165, 1.54) is 6.20 Å². The van der Waals surface area contributed by atoms with Crippen molar-refractivity contribution in [2.24, 2.45) is 0 Å². The fourth-order valence-electron chi connectivity index (χ4n) is 3.12. The molecular weight excluding hydrogens is 332 g/mol. The van der Waals surface area contributed by atoms with Crippen LogP contribution in [0.5, 0.6) is 0 Å². The van der Waals surface area contributed by atoms with E-state index in [2.05, 4.69) is 4.98 Å².